The Balaban J connectivity index is 2.17. The molecule has 0 aliphatic carbocycles. The van der Waals surface area contributed by atoms with Gasteiger partial charge in [-0.3, -0.25) is 4.57 Å². The molecule has 102 valence electrons. The molecule has 0 saturated carbocycles. The maximum Gasteiger partial charge on any atom is 0.224 e. The van der Waals surface area contributed by atoms with Crippen molar-refractivity contribution in [1.29, 1.82) is 0 Å². The van der Waals surface area contributed by atoms with Gasteiger partial charge in [-0.2, -0.15) is 0 Å². The highest BCUT2D eigenvalue weighted by Gasteiger charge is 2.17. The lowest BCUT2D eigenvalue weighted by Crippen LogP contribution is -2.19. The largest absolute Gasteiger partial charge is 0.355 e. The smallest absolute Gasteiger partial charge is 0.224 e. The number of nitrogens with one attached hydrogen (secondary N) is 1. The van der Waals surface area contributed by atoms with Crippen molar-refractivity contribution in [3.8, 4) is 0 Å². The van der Waals surface area contributed by atoms with Crippen LogP contribution < -0.4 is 11.1 Å². The highest BCUT2D eigenvalue weighted by Crippen LogP contribution is 2.17. The SMILES string of the molecule is CCNc1nnc([C@@H](N)Cc2ccccc2)n1CC. The number of anilines is 1. The number of hydrogen-bond donors (Lipinski definition) is 2. The third-order valence-corrected chi connectivity index (χ3v) is 3.06. The third-order valence-electron chi connectivity index (χ3n) is 3.06. The van der Waals surface area contributed by atoms with E-state index in [1.807, 2.05) is 29.7 Å². The standard InChI is InChI=1S/C14H21N5/c1-3-16-14-18-17-13(19(14)4-2)12(15)10-11-8-6-5-7-9-11/h5-9,12H,3-4,10,15H2,1-2H3,(H,16,18)/t12-/m0/s1. The molecule has 5 heteroatoms. The second kappa shape index (κ2) is 6.33. The first-order chi connectivity index (χ1) is 9.26. The Morgan fingerprint density at radius 2 is 1.95 bits per heavy atom. The molecule has 3 N–H and O–H groups in total. The molecular weight excluding hydrogens is 238 g/mol. The van der Waals surface area contributed by atoms with E-state index in [1.54, 1.807) is 0 Å². The van der Waals surface area contributed by atoms with Gasteiger partial charge < -0.3 is 11.1 Å². The molecule has 2 aromatic rings. The first kappa shape index (κ1) is 13.5. The van der Waals surface area contributed by atoms with E-state index in [1.165, 1.54) is 5.56 Å². The fourth-order valence-corrected chi connectivity index (χ4v) is 2.15. The Morgan fingerprint density at radius 1 is 1.21 bits per heavy atom. The molecule has 0 saturated heterocycles. The molecule has 1 heterocycles. The van der Waals surface area contributed by atoms with E-state index in [4.69, 9.17) is 5.73 Å². The van der Waals surface area contributed by atoms with Crippen LogP contribution in [-0.2, 0) is 13.0 Å². The van der Waals surface area contributed by atoms with Crippen LogP contribution in [0.4, 0.5) is 5.95 Å². The van der Waals surface area contributed by atoms with E-state index in [0.29, 0.717) is 0 Å². The molecule has 0 aliphatic heterocycles. The van der Waals surface area contributed by atoms with Crippen LogP contribution in [0, 0.1) is 0 Å². The molecule has 1 atom stereocenters. The molecule has 0 spiro atoms. The average Bonchev–Trinajstić information content (AvgIpc) is 2.83. The Morgan fingerprint density at radius 3 is 2.58 bits per heavy atom. The number of nitrogens with zero attached hydrogens (tertiary/aromatic N) is 3. The van der Waals surface area contributed by atoms with Crippen LogP contribution >= 0.6 is 0 Å². The maximum atomic E-state index is 6.26. The first-order valence-corrected chi connectivity index (χ1v) is 6.72. The van der Waals surface area contributed by atoms with Crippen LogP contribution in [-0.4, -0.2) is 21.3 Å². The van der Waals surface area contributed by atoms with Gasteiger partial charge >= 0.3 is 0 Å². The monoisotopic (exact) mass is 259 g/mol. The van der Waals surface area contributed by atoms with Gasteiger partial charge in [-0.1, -0.05) is 30.3 Å². The zero-order valence-electron chi connectivity index (χ0n) is 11.5. The summed E-state index contributed by atoms with van der Waals surface area (Å²) in [5.74, 6) is 1.63. The topological polar surface area (TPSA) is 68.8 Å². The number of nitrogens with two attached hydrogens (primary N) is 1. The van der Waals surface area contributed by atoms with Crippen LogP contribution in [0.3, 0.4) is 0 Å². The minimum atomic E-state index is -0.137. The second-order valence-corrected chi connectivity index (χ2v) is 4.45. The van der Waals surface area contributed by atoms with Crippen molar-refractivity contribution in [2.24, 2.45) is 5.73 Å². The van der Waals surface area contributed by atoms with E-state index in [2.05, 4.69) is 34.6 Å². The fourth-order valence-electron chi connectivity index (χ4n) is 2.15. The van der Waals surface area contributed by atoms with Gasteiger partial charge in [0, 0.05) is 13.1 Å². The summed E-state index contributed by atoms with van der Waals surface area (Å²) in [7, 11) is 0. The van der Waals surface area contributed by atoms with Gasteiger partial charge in [0.25, 0.3) is 0 Å². The minimum absolute atomic E-state index is 0.137. The molecule has 1 aromatic carbocycles. The van der Waals surface area contributed by atoms with Crippen LogP contribution in [0.2, 0.25) is 0 Å². The highest BCUT2D eigenvalue weighted by atomic mass is 15.4. The predicted octanol–water partition coefficient (Wildman–Crippen LogP) is 1.97. The van der Waals surface area contributed by atoms with E-state index in [9.17, 15) is 0 Å². The third kappa shape index (κ3) is 3.12. The predicted molar refractivity (Wildman–Crippen MR) is 76.9 cm³/mol. The van der Waals surface area contributed by atoms with Gasteiger partial charge in [-0.15, -0.1) is 10.2 Å². The van der Waals surface area contributed by atoms with Crippen LogP contribution in [0.25, 0.3) is 0 Å². The lowest BCUT2D eigenvalue weighted by Gasteiger charge is -2.13. The summed E-state index contributed by atoms with van der Waals surface area (Å²) < 4.78 is 2.04. The van der Waals surface area contributed by atoms with Crippen molar-refractivity contribution in [3.05, 3.63) is 41.7 Å². The van der Waals surface area contributed by atoms with Gasteiger partial charge in [0.05, 0.1) is 6.04 Å². The Labute approximate surface area is 113 Å². The lowest BCUT2D eigenvalue weighted by molar-refractivity contribution is 0.601. The zero-order chi connectivity index (χ0) is 13.7. The Bertz CT molecular complexity index is 506. The first-order valence-electron chi connectivity index (χ1n) is 6.72. The van der Waals surface area contributed by atoms with Crippen LogP contribution in [0.15, 0.2) is 30.3 Å². The van der Waals surface area contributed by atoms with Gasteiger partial charge in [0.1, 0.15) is 0 Å². The molecule has 0 unspecified atom stereocenters. The fraction of sp³-hybridized carbons (Fsp3) is 0.429. The van der Waals surface area contributed by atoms with E-state index in [-0.39, 0.29) is 6.04 Å². The Kier molecular flexibility index (Phi) is 4.52. The second-order valence-electron chi connectivity index (χ2n) is 4.45. The summed E-state index contributed by atoms with van der Waals surface area (Å²) in [6, 6.07) is 10.1. The quantitative estimate of drug-likeness (QED) is 0.832. The number of benzene rings is 1. The molecule has 0 radical (unpaired) electrons. The molecule has 2 rings (SSSR count). The normalized spacial score (nSPS) is 12.4. The molecule has 19 heavy (non-hydrogen) atoms. The van der Waals surface area contributed by atoms with E-state index >= 15 is 0 Å². The van der Waals surface area contributed by atoms with Crippen LogP contribution in [0.5, 0.6) is 0 Å². The van der Waals surface area contributed by atoms with E-state index < -0.39 is 0 Å². The summed E-state index contributed by atoms with van der Waals surface area (Å²) in [6.07, 6.45) is 0.769. The molecule has 1 aromatic heterocycles. The van der Waals surface area contributed by atoms with E-state index in [0.717, 1.165) is 31.3 Å². The Hall–Kier alpha value is -1.88. The van der Waals surface area contributed by atoms with Gasteiger partial charge in [-0.25, -0.2) is 0 Å². The summed E-state index contributed by atoms with van der Waals surface area (Å²) in [5.41, 5.74) is 7.48. The van der Waals surface area contributed by atoms with Crippen molar-refractivity contribution >= 4 is 5.95 Å². The van der Waals surface area contributed by atoms with Gasteiger partial charge in [-0.05, 0) is 25.8 Å². The molecule has 0 amide bonds. The number of hydrogen-bond acceptors (Lipinski definition) is 4. The summed E-state index contributed by atoms with van der Waals surface area (Å²) in [5, 5.41) is 11.6. The zero-order valence-corrected chi connectivity index (χ0v) is 11.5. The van der Waals surface area contributed by atoms with Crippen molar-refractivity contribution in [3.63, 3.8) is 0 Å². The minimum Gasteiger partial charge on any atom is -0.355 e. The molecule has 0 aliphatic rings. The molecule has 0 bridgehead atoms. The molecule has 5 nitrogen and oxygen atoms in total. The van der Waals surface area contributed by atoms with Gasteiger partial charge in [0.2, 0.25) is 5.95 Å². The van der Waals surface area contributed by atoms with Crippen molar-refractivity contribution in [2.45, 2.75) is 32.9 Å². The average molecular weight is 259 g/mol. The number of rotatable bonds is 6. The van der Waals surface area contributed by atoms with Crippen molar-refractivity contribution in [2.75, 3.05) is 11.9 Å². The van der Waals surface area contributed by atoms with Crippen molar-refractivity contribution < 1.29 is 0 Å². The highest BCUT2D eigenvalue weighted by molar-refractivity contribution is 5.27. The summed E-state index contributed by atoms with van der Waals surface area (Å²) in [4.78, 5) is 0. The molecular formula is C14H21N5. The maximum absolute atomic E-state index is 6.26. The van der Waals surface area contributed by atoms with Crippen LogP contribution in [0.1, 0.15) is 31.3 Å². The lowest BCUT2D eigenvalue weighted by atomic mass is 10.1. The summed E-state index contributed by atoms with van der Waals surface area (Å²) in [6.45, 7) is 5.75. The summed E-state index contributed by atoms with van der Waals surface area (Å²) >= 11 is 0. The number of aromatic nitrogens is 3. The molecule has 0 fully saturated rings. The van der Waals surface area contributed by atoms with Crippen molar-refractivity contribution in [1.82, 2.24) is 14.8 Å². The van der Waals surface area contributed by atoms with Gasteiger partial charge in [0.15, 0.2) is 5.82 Å².